The van der Waals surface area contributed by atoms with E-state index in [1.165, 1.54) is 12.8 Å². The third kappa shape index (κ3) is 3.10. The van der Waals surface area contributed by atoms with E-state index in [2.05, 4.69) is 13.0 Å². The quantitative estimate of drug-likeness (QED) is 0.664. The van der Waals surface area contributed by atoms with Crippen LogP contribution in [-0.2, 0) is 0 Å². The predicted molar refractivity (Wildman–Crippen MR) is 58.0 cm³/mol. The van der Waals surface area contributed by atoms with Gasteiger partial charge in [0.15, 0.2) is 0 Å². The zero-order valence-electron chi connectivity index (χ0n) is 9.08. The van der Waals surface area contributed by atoms with Crippen LogP contribution < -0.4 is 0 Å². The van der Waals surface area contributed by atoms with Gasteiger partial charge in [-0.05, 0) is 31.6 Å². The molecule has 0 aromatic rings. The number of hydrogen-bond donors (Lipinski definition) is 2. The molecule has 0 saturated heterocycles. The van der Waals surface area contributed by atoms with E-state index in [4.69, 9.17) is 10.2 Å². The molecule has 82 valence electrons. The van der Waals surface area contributed by atoms with Crippen molar-refractivity contribution in [3.63, 3.8) is 0 Å². The van der Waals surface area contributed by atoms with Gasteiger partial charge in [0.25, 0.3) is 0 Å². The van der Waals surface area contributed by atoms with Gasteiger partial charge in [-0.15, -0.1) is 0 Å². The fourth-order valence-electron chi connectivity index (χ4n) is 2.24. The molecule has 1 atom stereocenters. The van der Waals surface area contributed by atoms with Crippen LogP contribution in [0.3, 0.4) is 0 Å². The molecule has 0 aliphatic heterocycles. The molecule has 0 amide bonds. The first-order valence-corrected chi connectivity index (χ1v) is 5.71. The van der Waals surface area contributed by atoms with Crippen LogP contribution in [0.25, 0.3) is 0 Å². The van der Waals surface area contributed by atoms with Gasteiger partial charge in [-0.2, -0.15) is 0 Å². The van der Waals surface area contributed by atoms with E-state index in [1.54, 1.807) is 5.57 Å². The lowest BCUT2D eigenvalue weighted by Crippen LogP contribution is -2.23. The van der Waals surface area contributed by atoms with E-state index < -0.39 is 0 Å². The molecule has 0 spiro atoms. The molecule has 0 bridgehead atoms. The van der Waals surface area contributed by atoms with Gasteiger partial charge in [0.2, 0.25) is 0 Å². The van der Waals surface area contributed by atoms with Crippen molar-refractivity contribution in [2.45, 2.75) is 39.0 Å². The lowest BCUT2D eigenvalue weighted by atomic mass is 9.80. The Bertz CT molecular complexity index is 183. The monoisotopic (exact) mass is 198 g/mol. The van der Waals surface area contributed by atoms with Gasteiger partial charge in [-0.3, -0.25) is 0 Å². The van der Waals surface area contributed by atoms with Gasteiger partial charge < -0.3 is 10.2 Å². The fraction of sp³-hybridized carbons (Fsp3) is 0.833. The standard InChI is InChI=1S/C12H22O2/c1-2-3-10-4-6-11(7-5-10)12(8-13)9-14/h4,11-14H,2-3,5-9H2,1H3. The molecule has 0 heterocycles. The highest BCUT2D eigenvalue weighted by Crippen LogP contribution is 2.30. The first-order chi connectivity index (χ1) is 6.81. The predicted octanol–water partition coefficient (Wildman–Crippen LogP) is 2.11. The SMILES string of the molecule is CCCC1=CCC(C(CO)CO)CC1. The second-order valence-electron chi connectivity index (χ2n) is 4.27. The van der Waals surface area contributed by atoms with Crippen molar-refractivity contribution >= 4 is 0 Å². The van der Waals surface area contributed by atoms with Crippen molar-refractivity contribution < 1.29 is 10.2 Å². The molecule has 2 heteroatoms. The van der Waals surface area contributed by atoms with Crippen LogP contribution in [0.5, 0.6) is 0 Å². The zero-order valence-corrected chi connectivity index (χ0v) is 9.08. The van der Waals surface area contributed by atoms with Crippen LogP contribution in [0.1, 0.15) is 39.0 Å². The van der Waals surface area contributed by atoms with E-state index in [0.717, 1.165) is 19.3 Å². The number of rotatable bonds is 5. The lowest BCUT2D eigenvalue weighted by molar-refractivity contribution is 0.101. The summed E-state index contributed by atoms with van der Waals surface area (Å²) in [5.74, 6) is 0.583. The van der Waals surface area contributed by atoms with Gasteiger partial charge in [-0.25, -0.2) is 0 Å². The summed E-state index contributed by atoms with van der Waals surface area (Å²) >= 11 is 0. The van der Waals surface area contributed by atoms with Gasteiger partial charge in [0.1, 0.15) is 0 Å². The summed E-state index contributed by atoms with van der Waals surface area (Å²) in [6.45, 7) is 2.45. The average molecular weight is 198 g/mol. The van der Waals surface area contributed by atoms with Crippen LogP contribution in [0.15, 0.2) is 11.6 Å². The zero-order chi connectivity index (χ0) is 10.4. The fourth-order valence-corrected chi connectivity index (χ4v) is 2.24. The second kappa shape index (κ2) is 6.20. The Morgan fingerprint density at radius 2 is 2.14 bits per heavy atom. The third-order valence-electron chi connectivity index (χ3n) is 3.25. The van der Waals surface area contributed by atoms with Gasteiger partial charge in [0, 0.05) is 19.1 Å². The maximum Gasteiger partial charge on any atom is 0.0483 e. The Hall–Kier alpha value is -0.340. The van der Waals surface area contributed by atoms with Crippen molar-refractivity contribution in [3.05, 3.63) is 11.6 Å². The smallest absolute Gasteiger partial charge is 0.0483 e. The summed E-state index contributed by atoms with van der Waals surface area (Å²) in [7, 11) is 0. The molecule has 1 rings (SSSR count). The molecule has 1 unspecified atom stereocenters. The Kier molecular flexibility index (Phi) is 5.20. The highest BCUT2D eigenvalue weighted by atomic mass is 16.3. The van der Waals surface area contributed by atoms with E-state index in [-0.39, 0.29) is 19.1 Å². The Balaban J connectivity index is 2.40. The largest absolute Gasteiger partial charge is 0.396 e. The van der Waals surface area contributed by atoms with Crippen LogP contribution >= 0.6 is 0 Å². The summed E-state index contributed by atoms with van der Waals surface area (Å²) in [5, 5.41) is 18.1. The van der Waals surface area contributed by atoms with E-state index in [9.17, 15) is 0 Å². The highest BCUT2D eigenvalue weighted by molar-refractivity contribution is 5.06. The van der Waals surface area contributed by atoms with Crippen LogP contribution in [-0.4, -0.2) is 23.4 Å². The van der Waals surface area contributed by atoms with Crippen molar-refractivity contribution in [2.24, 2.45) is 11.8 Å². The normalized spacial score (nSPS) is 22.6. The molecule has 0 saturated carbocycles. The summed E-state index contributed by atoms with van der Waals surface area (Å²) in [5.41, 5.74) is 1.57. The molecular weight excluding hydrogens is 176 g/mol. The molecule has 2 nitrogen and oxygen atoms in total. The number of aliphatic hydroxyl groups excluding tert-OH is 2. The molecule has 0 aromatic carbocycles. The molecule has 1 aliphatic rings. The van der Waals surface area contributed by atoms with Crippen molar-refractivity contribution in [3.8, 4) is 0 Å². The van der Waals surface area contributed by atoms with Crippen LogP contribution in [0.4, 0.5) is 0 Å². The Morgan fingerprint density at radius 1 is 1.43 bits per heavy atom. The summed E-state index contributed by atoms with van der Waals surface area (Å²) in [6.07, 6.45) is 8.10. The first-order valence-electron chi connectivity index (χ1n) is 5.71. The van der Waals surface area contributed by atoms with E-state index >= 15 is 0 Å². The van der Waals surface area contributed by atoms with E-state index in [0.29, 0.717) is 5.92 Å². The van der Waals surface area contributed by atoms with Gasteiger partial charge in [0.05, 0.1) is 0 Å². The average Bonchev–Trinajstić information content (AvgIpc) is 2.23. The molecule has 0 aromatic heterocycles. The second-order valence-corrected chi connectivity index (χ2v) is 4.27. The Labute approximate surface area is 86.6 Å². The van der Waals surface area contributed by atoms with Crippen molar-refractivity contribution in [1.29, 1.82) is 0 Å². The van der Waals surface area contributed by atoms with Gasteiger partial charge >= 0.3 is 0 Å². The maximum atomic E-state index is 9.07. The van der Waals surface area contributed by atoms with Gasteiger partial charge in [-0.1, -0.05) is 25.0 Å². The molecule has 0 radical (unpaired) electrons. The first kappa shape index (κ1) is 11.7. The van der Waals surface area contributed by atoms with Crippen molar-refractivity contribution in [1.82, 2.24) is 0 Å². The van der Waals surface area contributed by atoms with Crippen molar-refractivity contribution in [2.75, 3.05) is 13.2 Å². The van der Waals surface area contributed by atoms with E-state index in [1.807, 2.05) is 0 Å². The lowest BCUT2D eigenvalue weighted by Gasteiger charge is -2.27. The molecular formula is C12H22O2. The topological polar surface area (TPSA) is 40.5 Å². The number of hydrogen-bond acceptors (Lipinski definition) is 2. The van der Waals surface area contributed by atoms with Crippen LogP contribution in [0.2, 0.25) is 0 Å². The highest BCUT2D eigenvalue weighted by Gasteiger charge is 2.22. The molecule has 14 heavy (non-hydrogen) atoms. The minimum Gasteiger partial charge on any atom is -0.396 e. The summed E-state index contributed by atoms with van der Waals surface area (Å²) in [4.78, 5) is 0. The Morgan fingerprint density at radius 3 is 2.57 bits per heavy atom. The third-order valence-corrected chi connectivity index (χ3v) is 3.25. The minimum absolute atomic E-state index is 0.0921. The maximum absolute atomic E-state index is 9.07. The molecule has 2 N–H and O–H groups in total. The summed E-state index contributed by atoms with van der Waals surface area (Å²) < 4.78 is 0. The number of allylic oxidation sites excluding steroid dienone is 2. The number of aliphatic hydroxyl groups is 2. The molecule has 1 aliphatic carbocycles. The van der Waals surface area contributed by atoms with Crippen LogP contribution in [0, 0.1) is 11.8 Å². The summed E-state index contributed by atoms with van der Waals surface area (Å²) in [6, 6.07) is 0. The molecule has 0 fully saturated rings. The minimum atomic E-state index is 0.0921.